The number of benzene rings is 1. The summed E-state index contributed by atoms with van der Waals surface area (Å²) < 4.78 is 10.4. The lowest BCUT2D eigenvalue weighted by atomic mass is 10.2. The number of guanidine groups is 1. The van der Waals surface area contributed by atoms with Crippen molar-refractivity contribution in [3.63, 3.8) is 0 Å². The van der Waals surface area contributed by atoms with Gasteiger partial charge < -0.3 is 19.8 Å². The van der Waals surface area contributed by atoms with Gasteiger partial charge in [0.05, 0.1) is 12.8 Å². The Morgan fingerprint density at radius 2 is 1.84 bits per heavy atom. The van der Waals surface area contributed by atoms with E-state index in [0.29, 0.717) is 6.54 Å². The first kappa shape index (κ1) is 21.5. The zero-order valence-corrected chi connectivity index (χ0v) is 17.1. The summed E-state index contributed by atoms with van der Waals surface area (Å²) in [4.78, 5) is 4.66. The van der Waals surface area contributed by atoms with Crippen LogP contribution in [0.4, 0.5) is 0 Å². The van der Waals surface area contributed by atoms with Crippen LogP contribution >= 0.6 is 24.0 Å². The quantitative estimate of drug-likeness (QED) is 0.248. The number of methoxy groups -OCH3 is 1. The second-order valence-corrected chi connectivity index (χ2v) is 5.53. The zero-order chi connectivity index (χ0) is 16.9. The Labute approximate surface area is 167 Å². The number of ether oxygens (including phenoxy) is 1. The van der Waals surface area contributed by atoms with Crippen LogP contribution in [0.15, 0.2) is 58.1 Å². The summed E-state index contributed by atoms with van der Waals surface area (Å²) in [6.45, 7) is 3.12. The summed E-state index contributed by atoms with van der Waals surface area (Å²) in [7, 11) is 1.73. The topological polar surface area (TPSA) is 58.8 Å². The third-order valence-electron chi connectivity index (χ3n) is 3.57. The lowest BCUT2D eigenvalue weighted by Gasteiger charge is -2.12. The molecule has 2 rings (SSSR count). The fraction of sp³-hybridized carbons (Fsp3) is 0.421. The summed E-state index contributed by atoms with van der Waals surface area (Å²) in [5.74, 6) is 1.81. The minimum Gasteiger partial charge on any atom is -0.469 e. The molecule has 0 radical (unpaired) electrons. The van der Waals surface area contributed by atoms with Crippen molar-refractivity contribution in [1.29, 1.82) is 0 Å². The molecular weight excluding hydrogens is 429 g/mol. The van der Waals surface area contributed by atoms with E-state index < -0.39 is 0 Å². The highest BCUT2D eigenvalue weighted by Crippen LogP contribution is 2.01. The largest absolute Gasteiger partial charge is 0.469 e. The molecule has 1 aromatic carbocycles. The van der Waals surface area contributed by atoms with E-state index in [9.17, 15) is 0 Å². The van der Waals surface area contributed by atoms with Crippen molar-refractivity contribution >= 4 is 29.9 Å². The molecule has 0 amide bonds. The van der Waals surface area contributed by atoms with Crippen LogP contribution in [0.2, 0.25) is 0 Å². The molecule has 1 aromatic heterocycles. The Morgan fingerprint density at radius 3 is 2.56 bits per heavy atom. The van der Waals surface area contributed by atoms with Gasteiger partial charge in [0.1, 0.15) is 5.76 Å². The highest BCUT2D eigenvalue weighted by Gasteiger charge is 2.00. The molecule has 6 heteroatoms. The number of furan rings is 1. The van der Waals surface area contributed by atoms with E-state index in [4.69, 9.17) is 9.15 Å². The Bertz CT molecular complexity index is 574. The molecule has 0 saturated heterocycles. The lowest BCUT2D eigenvalue weighted by Crippen LogP contribution is -2.39. The first-order chi connectivity index (χ1) is 11.9. The van der Waals surface area contributed by atoms with Crippen LogP contribution in [0.25, 0.3) is 0 Å². The summed E-state index contributed by atoms with van der Waals surface area (Å²) in [6.07, 6.45) is 4.64. The number of hydrogen-bond donors (Lipinski definition) is 2. The van der Waals surface area contributed by atoms with Crippen LogP contribution in [-0.4, -0.2) is 32.8 Å². The van der Waals surface area contributed by atoms with Gasteiger partial charge in [0.25, 0.3) is 0 Å². The molecule has 0 aliphatic rings. The van der Waals surface area contributed by atoms with Gasteiger partial charge in [0.2, 0.25) is 0 Å². The summed E-state index contributed by atoms with van der Waals surface area (Å²) in [5.41, 5.74) is 1.20. The van der Waals surface area contributed by atoms with E-state index in [0.717, 1.165) is 50.7 Å². The predicted molar refractivity (Wildman–Crippen MR) is 113 cm³/mol. The highest BCUT2D eigenvalue weighted by molar-refractivity contribution is 14.0. The standard InChI is InChI=1S/C19H27N3O2.HI/c1-23-14-6-5-12-20-19(21-13-11-18-10-7-15-24-18)22-16-17-8-3-2-4-9-17;/h2-4,7-10,15H,5-6,11-14,16H2,1H3,(H2,20,21,22);1H. The van der Waals surface area contributed by atoms with Crippen LogP contribution < -0.4 is 10.6 Å². The molecule has 0 aliphatic carbocycles. The molecule has 0 atom stereocenters. The van der Waals surface area contributed by atoms with E-state index in [1.807, 2.05) is 30.3 Å². The third kappa shape index (κ3) is 9.50. The number of hydrogen-bond acceptors (Lipinski definition) is 3. The first-order valence-corrected chi connectivity index (χ1v) is 8.46. The molecule has 0 fully saturated rings. The number of nitrogens with one attached hydrogen (secondary N) is 2. The third-order valence-corrected chi connectivity index (χ3v) is 3.57. The molecular formula is C19H28IN3O2. The van der Waals surface area contributed by atoms with Gasteiger partial charge in [-0.3, -0.25) is 0 Å². The average Bonchev–Trinajstić information content (AvgIpc) is 3.13. The van der Waals surface area contributed by atoms with E-state index in [2.05, 4.69) is 27.8 Å². The second-order valence-electron chi connectivity index (χ2n) is 5.53. The Hall–Kier alpha value is -1.54. The van der Waals surface area contributed by atoms with Crippen molar-refractivity contribution in [3.05, 3.63) is 60.1 Å². The normalized spacial score (nSPS) is 11.0. The molecule has 0 spiro atoms. The van der Waals surface area contributed by atoms with Gasteiger partial charge in [-0.15, -0.1) is 24.0 Å². The maximum atomic E-state index is 5.36. The van der Waals surface area contributed by atoms with Gasteiger partial charge in [0.15, 0.2) is 5.96 Å². The highest BCUT2D eigenvalue weighted by atomic mass is 127. The van der Waals surface area contributed by atoms with Crippen LogP contribution in [0.3, 0.4) is 0 Å². The zero-order valence-electron chi connectivity index (χ0n) is 14.7. The van der Waals surface area contributed by atoms with Gasteiger partial charge in [-0.2, -0.15) is 0 Å². The molecule has 0 aliphatic heterocycles. The Kier molecular flexibility index (Phi) is 11.8. The van der Waals surface area contributed by atoms with E-state index in [1.54, 1.807) is 13.4 Å². The summed E-state index contributed by atoms with van der Waals surface area (Å²) in [6, 6.07) is 14.2. The van der Waals surface area contributed by atoms with Crippen LogP contribution in [-0.2, 0) is 17.7 Å². The van der Waals surface area contributed by atoms with Gasteiger partial charge in [-0.05, 0) is 30.5 Å². The van der Waals surface area contributed by atoms with Gasteiger partial charge in [-0.1, -0.05) is 30.3 Å². The predicted octanol–water partition coefficient (Wildman–Crippen LogP) is 3.60. The minimum atomic E-state index is 0. The number of unbranched alkanes of at least 4 members (excludes halogenated alkanes) is 1. The molecule has 0 saturated carbocycles. The summed E-state index contributed by atoms with van der Waals surface area (Å²) >= 11 is 0. The van der Waals surface area contributed by atoms with E-state index >= 15 is 0 Å². The molecule has 0 unspecified atom stereocenters. The monoisotopic (exact) mass is 457 g/mol. The summed E-state index contributed by atoms with van der Waals surface area (Å²) in [5, 5.41) is 6.75. The number of nitrogens with zero attached hydrogens (tertiary/aromatic N) is 1. The fourth-order valence-corrected chi connectivity index (χ4v) is 2.27. The number of rotatable bonds is 10. The number of aliphatic imine (C=N–C) groups is 1. The molecule has 5 nitrogen and oxygen atoms in total. The number of halogens is 1. The minimum absolute atomic E-state index is 0. The maximum Gasteiger partial charge on any atom is 0.191 e. The molecule has 2 aromatic rings. The van der Waals surface area contributed by atoms with Crippen molar-refractivity contribution in [2.24, 2.45) is 4.99 Å². The van der Waals surface area contributed by atoms with Crippen LogP contribution in [0, 0.1) is 0 Å². The Morgan fingerprint density at radius 1 is 1.04 bits per heavy atom. The Balaban J connectivity index is 0.00000312. The van der Waals surface area contributed by atoms with Crippen molar-refractivity contribution < 1.29 is 9.15 Å². The molecule has 25 heavy (non-hydrogen) atoms. The SMILES string of the molecule is COCCCCNC(=NCc1ccccc1)NCCc1ccco1.I. The van der Waals surface area contributed by atoms with Crippen molar-refractivity contribution in [3.8, 4) is 0 Å². The lowest BCUT2D eigenvalue weighted by molar-refractivity contribution is 0.193. The average molecular weight is 457 g/mol. The smallest absolute Gasteiger partial charge is 0.191 e. The molecule has 0 bridgehead atoms. The van der Waals surface area contributed by atoms with Gasteiger partial charge >= 0.3 is 0 Å². The fourth-order valence-electron chi connectivity index (χ4n) is 2.27. The van der Waals surface area contributed by atoms with Crippen LogP contribution in [0.1, 0.15) is 24.2 Å². The second kappa shape index (κ2) is 13.7. The maximum absolute atomic E-state index is 5.36. The van der Waals surface area contributed by atoms with Gasteiger partial charge in [-0.25, -0.2) is 4.99 Å². The van der Waals surface area contributed by atoms with Crippen molar-refractivity contribution in [1.82, 2.24) is 10.6 Å². The molecule has 1 heterocycles. The van der Waals surface area contributed by atoms with E-state index in [-0.39, 0.29) is 24.0 Å². The molecule has 2 N–H and O–H groups in total. The van der Waals surface area contributed by atoms with Crippen molar-refractivity contribution in [2.45, 2.75) is 25.8 Å². The van der Waals surface area contributed by atoms with E-state index in [1.165, 1.54) is 5.56 Å². The van der Waals surface area contributed by atoms with Crippen molar-refractivity contribution in [2.75, 3.05) is 26.8 Å². The van der Waals surface area contributed by atoms with Crippen LogP contribution in [0.5, 0.6) is 0 Å². The van der Waals surface area contributed by atoms with Gasteiger partial charge in [0, 0.05) is 33.2 Å². The molecule has 138 valence electrons. The first-order valence-electron chi connectivity index (χ1n) is 8.46.